The maximum atomic E-state index is 14.6. The standard InChI is InChI=1S/C35H42N10O5/c1-4-23-30(42-14-15-43(25-7-6-24(25)42)34(49)29-31(47)20(2)37-19-38-29)32(48)28-33(41-45(40-28)22-9-13-36-27(16-22)50-3)44(23)18-26(46)39-21-8-12-35(17-21)10-5-11-35/h9,13,16,19,21,24-25,47H,4-8,10-12,14-15,17-18H2,1-3H3,(H,39,46)/t21?,24-,25-/m0/s1. The van der Waals surface area contributed by atoms with E-state index in [1.807, 2.05) is 11.5 Å². The van der Waals surface area contributed by atoms with Gasteiger partial charge in [-0.05, 0) is 69.8 Å². The Morgan fingerprint density at radius 2 is 1.90 bits per heavy atom. The number of aryl methyl sites for hydroxylation is 1. The monoisotopic (exact) mass is 682 g/mol. The van der Waals surface area contributed by atoms with Gasteiger partial charge in [-0.25, -0.2) is 15.0 Å². The molecule has 4 fully saturated rings. The molecule has 2 N–H and O–H groups in total. The maximum absolute atomic E-state index is 14.6. The highest BCUT2D eigenvalue weighted by Gasteiger charge is 2.47. The zero-order valence-corrected chi connectivity index (χ0v) is 28.6. The Bertz CT molecular complexity index is 2060. The summed E-state index contributed by atoms with van der Waals surface area (Å²) in [6.45, 7) is 4.32. The van der Waals surface area contributed by atoms with Gasteiger partial charge in [-0.1, -0.05) is 13.3 Å². The van der Waals surface area contributed by atoms with Crippen molar-refractivity contribution in [1.82, 2.24) is 44.7 Å². The van der Waals surface area contributed by atoms with E-state index in [0.29, 0.717) is 59.2 Å². The summed E-state index contributed by atoms with van der Waals surface area (Å²) in [5, 5.41) is 23.3. The molecule has 5 heterocycles. The summed E-state index contributed by atoms with van der Waals surface area (Å²) >= 11 is 0. The third kappa shape index (κ3) is 5.24. The lowest BCUT2D eigenvalue weighted by Crippen LogP contribution is -2.67. The van der Waals surface area contributed by atoms with Crippen LogP contribution in [0.5, 0.6) is 11.6 Å². The van der Waals surface area contributed by atoms with E-state index >= 15 is 0 Å². The Morgan fingerprint density at radius 1 is 1.08 bits per heavy atom. The second kappa shape index (κ2) is 12.4. The zero-order valence-electron chi connectivity index (χ0n) is 28.6. The molecule has 50 heavy (non-hydrogen) atoms. The summed E-state index contributed by atoms with van der Waals surface area (Å²) in [6.07, 6.45) is 11.8. The molecule has 0 bridgehead atoms. The number of hydrogen-bond acceptors (Lipinski definition) is 11. The topological polar surface area (TPSA) is 173 Å². The van der Waals surface area contributed by atoms with Crippen molar-refractivity contribution in [1.29, 1.82) is 0 Å². The number of rotatable bonds is 8. The largest absolute Gasteiger partial charge is 0.504 e. The van der Waals surface area contributed by atoms with E-state index in [1.54, 1.807) is 30.2 Å². The van der Waals surface area contributed by atoms with E-state index < -0.39 is 0 Å². The van der Waals surface area contributed by atoms with Crippen molar-refractivity contribution in [2.24, 2.45) is 5.41 Å². The van der Waals surface area contributed by atoms with Crippen molar-refractivity contribution in [3.05, 3.63) is 52.0 Å². The van der Waals surface area contributed by atoms with Crippen LogP contribution >= 0.6 is 0 Å². The molecule has 4 aromatic rings. The van der Waals surface area contributed by atoms with Crippen molar-refractivity contribution in [2.45, 2.75) is 96.3 Å². The highest BCUT2D eigenvalue weighted by molar-refractivity contribution is 5.95. The number of amides is 2. The number of carbonyl (C=O) groups excluding carboxylic acids is 2. The number of piperazine rings is 1. The summed E-state index contributed by atoms with van der Waals surface area (Å²) in [5.41, 5.74) is 2.70. The minimum absolute atomic E-state index is 0.00625. The lowest BCUT2D eigenvalue weighted by Gasteiger charge is -2.54. The van der Waals surface area contributed by atoms with Crippen molar-refractivity contribution in [3.8, 4) is 17.3 Å². The predicted octanol–water partition coefficient (Wildman–Crippen LogP) is 2.68. The molecule has 1 unspecified atom stereocenters. The molecule has 1 spiro atoms. The first-order valence-corrected chi connectivity index (χ1v) is 17.6. The minimum Gasteiger partial charge on any atom is -0.504 e. The zero-order chi connectivity index (χ0) is 34.7. The van der Waals surface area contributed by atoms with Crippen LogP contribution in [0.25, 0.3) is 16.9 Å². The van der Waals surface area contributed by atoms with Gasteiger partial charge in [0, 0.05) is 43.1 Å². The average molecular weight is 683 g/mol. The van der Waals surface area contributed by atoms with Crippen LogP contribution in [0.2, 0.25) is 0 Å². The molecular weight excluding hydrogens is 640 g/mol. The molecule has 15 heteroatoms. The van der Waals surface area contributed by atoms with Gasteiger partial charge in [0.25, 0.3) is 5.91 Å². The summed E-state index contributed by atoms with van der Waals surface area (Å²) in [5.74, 6) is -0.308. The number of aromatic nitrogens is 7. The minimum atomic E-state index is -0.353. The van der Waals surface area contributed by atoms with Crippen LogP contribution in [0.4, 0.5) is 5.69 Å². The van der Waals surface area contributed by atoms with Crippen LogP contribution in [-0.4, -0.2) is 94.7 Å². The highest BCUT2D eigenvalue weighted by Crippen LogP contribution is 2.53. The van der Waals surface area contributed by atoms with Gasteiger partial charge >= 0.3 is 0 Å². The van der Waals surface area contributed by atoms with Crippen LogP contribution in [-0.2, 0) is 17.8 Å². The lowest BCUT2D eigenvalue weighted by atomic mass is 9.67. The van der Waals surface area contributed by atoms with Gasteiger partial charge in [-0.2, -0.15) is 0 Å². The molecule has 3 atom stereocenters. The third-order valence-electron chi connectivity index (χ3n) is 11.5. The Morgan fingerprint density at radius 3 is 2.60 bits per heavy atom. The van der Waals surface area contributed by atoms with Gasteiger partial charge in [0.1, 0.15) is 18.6 Å². The molecule has 15 nitrogen and oxygen atoms in total. The first-order valence-electron chi connectivity index (χ1n) is 17.6. The molecule has 2 amide bonds. The van der Waals surface area contributed by atoms with E-state index in [2.05, 4.69) is 30.3 Å². The van der Waals surface area contributed by atoms with Crippen LogP contribution in [0, 0.1) is 12.3 Å². The first kappa shape index (κ1) is 32.1. The number of hydrogen-bond donors (Lipinski definition) is 2. The lowest BCUT2D eigenvalue weighted by molar-refractivity contribution is -0.122. The predicted molar refractivity (Wildman–Crippen MR) is 183 cm³/mol. The number of aromatic hydroxyl groups is 1. The van der Waals surface area contributed by atoms with E-state index in [4.69, 9.17) is 9.84 Å². The second-order valence-corrected chi connectivity index (χ2v) is 14.2. The number of fused-ring (bicyclic) bond motifs is 2. The van der Waals surface area contributed by atoms with Crippen molar-refractivity contribution < 1.29 is 19.4 Å². The average Bonchev–Trinajstić information content (AvgIpc) is 3.73. The summed E-state index contributed by atoms with van der Waals surface area (Å²) in [6, 6.07) is 3.25. The Hall–Kier alpha value is -5.08. The summed E-state index contributed by atoms with van der Waals surface area (Å²) in [7, 11) is 1.52. The quantitative estimate of drug-likeness (QED) is 0.280. The SMILES string of the molecule is CCc1c(N2CCN(C(=O)c3ncnc(C)c3O)[C@H]3CC[C@@H]32)c(=O)c2nn(-c3ccnc(OC)c3)nc2n1CC(=O)NC1CCC2(CCC2)C1. The molecule has 4 aliphatic rings. The van der Waals surface area contributed by atoms with Gasteiger partial charge < -0.3 is 29.5 Å². The Kier molecular flexibility index (Phi) is 7.94. The van der Waals surface area contributed by atoms with E-state index in [0.717, 1.165) is 32.1 Å². The maximum Gasteiger partial charge on any atom is 0.276 e. The van der Waals surface area contributed by atoms with Gasteiger partial charge in [-0.15, -0.1) is 15.0 Å². The Labute approximate surface area is 288 Å². The number of carbonyl (C=O) groups is 2. The second-order valence-electron chi connectivity index (χ2n) is 14.2. The normalized spacial score (nSPS) is 22.3. The fourth-order valence-electron chi connectivity index (χ4n) is 8.61. The van der Waals surface area contributed by atoms with Crippen molar-refractivity contribution in [2.75, 3.05) is 25.1 Å². The van der Waals surface area contributed by atoms with Crippen molar-refractivity contribution >= 4 is 28.7 Å². The summed E-state index contributed by atoms with van der Waals surface area (Å²) < 4.78 is 7.17. The van der Waals surface area contributed by atoms with Crippen LogP contribution in [0.1, 0.15) is 80.2 Å². The summed E-state index contributed by atoms with van der Waals surface area (Å²) in [4.78, 5) is 59.5. The number of anilines is 1. The van der Waals surface area contributed by atoms with E-state index in [-0.39, 0.29) is 58.9 Å². The van der Waals surface area contributed by atoms with Crippen LogP contribution in [0.15, 0.2) is 29.5 Å². The van der Waals surface area contributed by atoms with Crippen LogP contribution < -0.4 is 20.4 Å². The number of methoxy groups -OCH3 is 1. The fraction of sp³-hybridized carbons (Fsp3) is 0.543. The molecule has 0 aromatic carbocycles. The molecule has 3 aliphatic carbocycles. The van der Waals surface area contributed by atoms with Gasteiger partial charge in [0.15, 0.2) is 22.6 Å². The fourth-order valence-corrected chi connectivity index (χ4v) is 8.61. The Balaban J connectivity index is 1.17. The molecule has 3 saturated carbocycles. The highest BCUT2D eigenvalue weighted by atomic mass is 16.5. The molecule has 262 valence electrons. The third-order valence-corrected chi connectivity index (χ3v) is 11.5. The number of nitrogens with zero attached hydrogens (tertiary/aromatic N) is 9. The number of pyridine rings is 2. The molecule has 8 rings (SSSR count). The van der Waals surface area contributed by atoms with Gasteiger partial charge in [-0.3, -0.25) is 14.4 Å². The van der Waals surface area contributed by atoms with Crippen LogP contribution in [0.3, 0.4) is 0 Å². The smallest absolute Gasteiger partial charge is 0.276 e. The van der Waals surface area contributed by atoms with Crippen molar-refractivity contribution in [3.63, 3.8) is 0 Å². The van der Waals surface area contributed by atoms with E-state index in [9.17, 15) is 19.5 Å². The number of nitrogens with one attached hydrogen (secondary N) is 1. The molecule has 1 aliphatic heterocycles. The molecule has 0 radical (unpaired) electrons. The first-order chi connectivity index (χ1) is 24.2. The number of ether oxygens (including phenoxy) is 1. The van der Waals surface area contributed by atoms with Gasteiger partial charge in [0.05, 0.1) is 24.5 Å². The van der Waals surface area contributed by atoms with Gasteiger partial charge in [0.2, 0.25) is 17.2 Å². The molecule has 4 aromatic heterocycles. The molecule has 1 saturated heterocycles. The molecular formula is C35H42N10O5. The van der Waals surface area contributed by atoms with E-state index in [1.165, 1.54) is 37.5 Å².